The largest absolute Gasteiger partial charge is 0.507 e. The van der Waals surface area contributed by atoms with Crippen LogP contribution in [0.3, 0.4) is 0 Å². The maximum atomic E-state index is 11.6. The molecule has 2 aromatic rings. The normalized spacial score (nSPS) is 10.4. The van der Waals surface area contributed by atoms with Crippen LogP contribution in [-0.4, -0.2) is 10.1 Å². The molecule has 0 saturated carbocycles. The molecule has 15 heavy (non-hydrogen) atoms. The molecule has 3 N–H and O–H groups in total. The van der Waals surface area contributed by atoms with Gasteiger partial charge < -0.3 is 15.3 Å². The molecule has 0 aliphatic rings. The molecule has 0 saturated heterocycles. The van der Waals surface area contributed by atoms with E-state index >= 15 is 0 Å². The maximum absolute atomic E-state index is 11.6. The van der Waals surface area contributed by atoms with Crippen molar-refractivity contribution in [3.8, 4) is 5.75 Å². The van der Waals surface area contributed by atoms with E-state index in [1.54, 1.807) is 12.1 Å². The maximum Gasteiger partial charge on any atom is 0.197 e. The average Bonchev–Trinajstić information content (AvgIpc) is 2.17. The van der Waals surface area contributed by atoms with Gasteiger partial charge in [-0.3, -0.25) is 4.79 Å². The van der Waals surface area contributed by atoms with E-state index in [4.69, 9.17) is 22.4 Å². The van der Waals surface area contributed by atoms with Crippen LogP contribution in [0, 0.1) is 0 Å². The van der Waals surface area contributed by atoms with Gasteiger partial charge in [0.05, 0.1) is 0 Å². The quantitative estimate of drug-likeness (QED) is 0.706. The minimum Gasteiger partial charge on any atom is -0.507 e. The van der Waals surface area contributed by atoms with Crippen molar-refractivity contribution < 1.29 is 9.52 Å². The van der Waals surface area contributed by atoms with Gasteiger partial charge in [-0.15, -0.1) is 0 Å². The Kier molecular flexibility index (Phi) is 2.17. The molecule has 0 aliphatic heterocycles. The zero-order valence-electron chi connectivity index (χ0n) is 7.56. The van der Waals surface area contributed by atoms with Gasteiger partial charge >= 0.3 is 0 Å². The fraction of sp³-hybridized carbons (Fsp3) is 0. The first-order chi connectivity index (χ1) is 7.09. The Morgan fingerprint density at radius 2 is 2.20 bits per heavy atom. The van der Waals surface area contributed by atoms with Gasteiger partial charge in [0.2, 0.25) is 0 Å². The predicted octanol–water partition coefficient (Wildman–Crippen LogP) is 1.13. The van der Waals surface area contributed by atoms with Crippen LogP contribution < -0.4 is 11.2 Å². The number of rotatable bonds is 1. The Morgan fingerprint density at radius 3 is 2.87 bits per heavy atom. The van der Waals surface area contributed by atoms with Crippen LogP contribution in [-0.2, 0) is 0 Å². The van der Waals surface area contributed by atoms with Crippen molar-refractivity contribution in [1.29, 1.82) is 0 Å². The summed E-state index contributed by atoms with van der Waals surface area (Å²) in [4.78, 5) is 11.6. The lowest BCUT2D eigenvalue weighted by atomic mass is 10.2. The lowest BCUT2D eigenvalue weighted by Crippen LogP contribution is -2.13. The zero-order valence-corrected chi connectivity index (χ0v) is 8.38. The first kappa shape index (κ1) is 9.67. The molecule has 0 bridgehead atoms. The smallest absolute Gasteiger partial charge is 0.197 e. The molecule has 76 valence electrons. The van der Waals surface area contributed by atoms with E-state index in [0.717, 1.165) is 0 Å². The van der Waals surface area contributed by atoms with Crippen LogP contribution in [0.2, 0.25) is 0 Å². The molecule has 0 aliphatic carbocycles. The molecule has 5 heteroatoms. The molecule has 1 heterocycles. The van der Waals surface area contributed by atoms with Crippen molar-refractivity contribution in [2.45, 2.75) is 0 Å². The number of nitrogens with two attached hydrogens (primary N) is 1. The topological polar surface area (TPSA) is 76.5 Å². The molecule has 0 unspecified atom stereocenters. The van der Waals surface area contributed by atoms with Crippen LogP contribution >= 0.6 is 12.2 Å². The third-order valence-electron chi connectivity index (χ3n) is 1.98. The highest BCUT2D eigenvalue weighted by molar-refractivity contribution is 7.80. The number of hydrogen-bond acceptors (Lipinski definition) is 4. The second-order valence-corrected chi connectivity index (χ2v) is 3.43. The summed E-state index contributed by atoms with van der Waals surface area (Å²) in [5.41, 5.74) is 5.25. The molecule has 0 atom stereocenters. The number of fused-ring (bicyclic) bond motifs is 1. The van der Waals surface area contributed by atoms with Crippen molar-refractivity contribution in [3.05, 3.63) is 40.2 Å². The minimum atomic E-state index is -0.364. The third-order valence-corrected chi connectivity index (χ3v) is 2.18. The van der Waals surface area contributed by atoms with Gasteiger partial charge in [0.15, 0.2) is 11.2 Å². The van der Waals surface area contributed by atoms with Crippen LogP contribution in [0.4, 0.5) is 0 Å². The van der Waals surface area contributed by atoms with Crippen LogP contribution in [0.25, 0.3) is 11.0 Å². The molecular weight excluding hydrogens is 214 g/mol. The van der Waals surface area contributed by atoms with Crippen molar-refractivity contribution in [2.24, 2.45) is 5.73 Å². The number of hydrogen-bond donors (Lipinski definition) is 2. The Bertz CT molecular complexity index is 603. The summed E-state index contributed by atoms with van der Waals surface area (Å²) in [6, 6.07) is 5.73. The molecule has 1 aromatic heterocycles. The van der Waals surface area contributed by atoms with Gasteiger partial charge in [-0.25, -0.2) is 0 Å². The number of aromatic hydroxyl groups is 1. The van der Waals surface area contributed by atoms with E-state index in [-0.39, 0.29) is 32.9 Å². The highest BCUT2D eigenvalue weighted by Crippen LogP contribution is 2.21. The Labute approximate surface area is 89.9 Å². The molecule has 2 rings (SSSR count). The molecule has 0 amide bonds. The number of phenolic OH excluding ortho intramolecular Hbond substituents is 1. The third kappa shape index (κ3) is 1.57. The summed E-state index contributed by atoms with van der Waals surface area (Å²) >= 11 is 4.70. The molecule has 0 fully saturated rings. The first-order valence-electron chi connectivity index (χ1n) is 4.15. The molecule has 4 nitrogen and oxygen atoms in total. The fourth-order valence-electron chi connectivity index (χ4n) is 1.31. The summed E-state index contributed by atoms with van der Waals surface area (Å²) in [6.45, 7) is 0. The van der Waals surface area contributed by atoms with Crippen molar-refractivity contribution in [1.82, 2.24) is 0 Å². The molecule has 0 radical (unpaired) electrons. The van der Waals surface area contributed by atoms with Crippen LogP contribution in [0.1, 0.15) is 5.76 Å². The zero-order chi connectivity index (χ0) is 11.0. The Hall–Kier alpha value is -1.88. The second kappa shape index (κ2) is 3.36. The molecule has 1 aromatic carbocycles. The van der Waals surface area contributed by atoms with E-state index in [0.29, 0.717) is 0 Å². The summed E-state index contributed by atoms with van der Waals surface area (Å²) < 4.78 is 5.26. The molecule has 0 spiro atoms. The summed E-state index contributed by atoms with van der Waals surface area (Å²) in [7, 11) is 0. The van der Waals surface area contributed by atoms with E-state index in [1.165, 1.54) is 12.1 Å². The predicted molar refractivity (Wildman–Crippen MR) is 60.0 cm³/mol. The SMILES string of the molecule is NC(=S)c1cc(=O)c2c(O)cccc2o1. The highest BCUT2D eigenvalue weighted by atomic mass is 32.1. The molecular formula is C10H7NO3S. The number of phenols is 1. The monoisotopic (exact) mass is 221 g/mol. The number of benzene rings is 1. The van der Waals surface area contributed by atoms with Crippen molar-refractivity contribution in [3.63, 3.8) is 0 Å². The fourth-order valence-corrected chi connectivity index (χ4v) is 1.41. The van der Waals surface area contributed by atoms with E-state index in [1.807, 2.05) is 0 Å². The summed E-state index contributed by atoms with van der Waals surface area (Å²) in [5.74, 6) is 0.0313. The van der Waals surface area contributed by atoms with E-state index in [2.05, 4.69) is 0 Å². The van der Waals surface area contributed by atoms with Crippen molar-refractivity contribution >= 4 is 28.2 Å². The van der Waals surface area contributed by atoms with Gasteiger partial charge in [0.1, 0.15) is 21.7 Å². The van der Waals surface area contributed by atoms with Gasteiger partial charge in [-0.1, -0.05) is 18.3 Å². The van der Waals surface area contributed by atoms with E-state index in [9.17, 15) is 9.90 Å². The standard InChI is InChI=1S/C10H7NO3S/c11-10(15)8-4-6(13)9-5(12)2-1-3-7(9)14-8/h1-4,12H,(H2,11,15). The van der Waals surface area contributed by atoms with Gasteiger partial charge in [-0.05, 0) is 12.1 Å². The highest BCUT2D eigenvalue weighted by Gasteiger charge is 2.09. The number of thiocarbonyl (C=S) groups is 1. The van der Waals surface area contributed by atoms with Gasteiger partial charge in [-0.2, -0.15) is 0 Å². The lowest BCUT2D eigenvalue weighted by Gasteiger charge is -2.01. The van der Waals surface area contributed by atoms with Crippen LogP contribution in [0.15, 0.2) is 33.5 Å². The Balaban J connectivity index is 2.91. The summed E-state index contributed by atoms with van der Waals surface area (Å²) in [5, 5.41) is 9.59. The van der Waals surface area contributed by atoms with Gasteiger partial charge in [0.25, 0.3) is 0 Å². The van der Waals surface area contributed by atoms with Crippen LogP contribution in [0.5, 0.6) is 5.75 Å². The second-order valence-electron chi connectivity index (χ2n) is 2.99. The first-order valence-corrected chi connectivity index (χ1v) is 4.56. The van der Waals surface area contributed by atoms with Crippen molar-refractivity contribution in [2.75, 3.05) is 0 Å². The van der Waals surface area contributed by atoms with Gasteiger partial charge in [0, 0.05) is 6.07 Å². The van der Waals surface area contributed by atoms with E-state index < -0.39 is 0 Å². The minimum absolute atomic E-state index is 0.0114. The average molecular weight is 221 g/mol. The summed E-state index contributed by atoms with van der Waals surface area (Å²) in [6.07, 6.45) is 0. The Morgan fingerprint density at radius 1 is 1.47 bits per heavy atom. The lowest BCUT2D eigenvalue weighted by molar-refractivity contribution is 0.479.